The van der Waals surface area contributed by atoms with E-state index in [-0.39, 0.29) is 11.2 Å². The first kappa shape index (κ1) is 13.6. The van der Waals surface area contributed by atoms with Crippen molar-refractivity contribution in [2.75, 3.05) is 6.54 Å². The average molecular weight is 290 g/mol. The summed E-state index contributed by atoms with van der Waals surface area (Å²) in [6, 6.07) is 13.0. The van der Waals surface area contributed by atoms with Crippen LogP contribution in [0.15, 0.2) is 42.5 Å². The summed E-state index contributed by atoms with van der Waals surface area (Å²) in [5, 5.41) is 0.621. The third kappa shape index (κ3) is 2.46. The molecule has 3 rings (SSSR count). The number of halogens is 2. The zero-order chi connectivity index (χ0) is 14.2. The van der Waals surface area contributed by atoms with E-state index in [9.17, 15) is 4.39 Å². The van der Waals surface area contributed by atoms with Crippen LogP contribution in [0.25, 0.3) is 0 Å². The SMILES string of the molecule is NCC1(Cc2cc(F)ccc2Cl)Cc2ccccc2C1. The van der Waals surface area contributed by atoms with Crippen molar-refractivity contribution < 1.29 is 4.39 Å². The number of nitrogens with two attached hydrogens (primary N) is 1. The van der Waals surface area contributed by atoms with Crippen LogP contribution in [0.3, 0.4) is 0 Å². The Morgan fingerprint density at radius 3 is 2.35 bits per heavy atom. The monoisotopic (exact) mass is 289 g/mol. The molecule has 2 aromatic rings. The molecule has 3 heteroatoms. The topological polar surface area (TPSA) is 26.0 Å². The predicted octanol–water partition coefficient (Wildman–Crippen LogP) is 3.77. The predicted molar refractivity (Wildman–Crippen MR) is 80.5 cm³/mol. The van der Waals surface area contributed by atoms with Crippen molar-refractivity contribution in [2.45, 2.75) is 19.3 Å². The van der Waals surface area contributed by atoms with Gasteiger partial charge in [0.2, 0.25) is 0 Å². The Labute approximate surface area is 123 Å². The Kier molecular flexibility index (Phi) is 3.53. The molecule has 0 atom stereocenters. The average Bonchev–Trinajstić information content (AvgIpc) is 2.81. The Morgan fingerprint density at radius 1 is 1.10 bits per heavy atom. The second kappa shape index (κ2) is 5.19. The summed E-state index contributed by atoms with van der Waals surface area (Å²) in [5.74, 6) is -0.243. The van der Waals surface area contributed by atoms with Gasteiger partial charge >= 0.3 is 0 Å². The maximum absolute atomic E-state index is 13.4. The fraction of sp³-hybridized carbons (Fsp3) is 0.294. The lowest BCUT2D eigenvalue weighted by Crippen LogP contribution is -2.33. The van der Waals surface area contributed by atoms with Crippen molar-refractivity contribution in [1.82, 2.24) is 0 Å². The summed E-state index contributed by atoms with van der Waals surface area (Å²) in [6.45, 7) is 0.578. The maximum Gasteiger partial charge on any atom is 0.123 e. The summed E-state index contributed by atoms with van der Waals surface area (Å²) in [4.78, 5) is 0. The lowest BCUT2D eigenvalue weighted by molar-refractivity contribution is 0.314. The molecule has 0 aromatic heterocycles. The standard InChI is InChI=1S/C17H17ClFN/c18-16-6-5-15(19)7-14(16)10-17(11-20)8-12-3-1-2-4-13(12)9-17/h1-7H,8-11,20H2. The van der Waals surface area contributed by atoms with Crippen molar-refractivity contribution in [3.8, 4) is 0 Å². The molecule has 1 aliphatic carbocycles. The van der Waals surface area contributed by atoms with Crippen LogP contribution < -0.4 is 5.73 Å². The minimum absolute atomic E-state index is 0.0406. The molecule has 2 N–H and O–H groups in total. The molecule has 0 aliphatic heterocycles. The molecule has 0 saturated heterocycles. The number of hydrogen-bond acceptors (Lipinski definition) is 1. The molecule has 1 aliphatic rings. The van der Waals surface area contributed by atoms with Gasteiger partial charge in [-0.2, -0.15) is 0 Å². The second-order valence-corrected chi connectivity index (χ2v) is 6.15. The number of fused-ring (bicyclic) bond motifs is 1. The highest BCUT2D eigenvalue weighted by Gasteiger charge is 2.36. The molecule has 0 heterocycles. The molecule has 0 radical (unpaired) electrons. The Morgan fingerprint density at radius 2 is 1.75 bits per heavy atom. The fourth-order valence-electron chi connectivity index (χ4n) is 3.20. The van der Waals surface area contributed by atoms with Gasteiger partial charge in [0.05, 0.1) is 0 Å². The van der Waals surface area contributed by atoms with Crippen molar-refractivity contribution in [3.05, 3.63) is 70.0 Å². The van der Waals surface area contributed by atoms with Crippen LogP contribution >= 0.6 is 11.6 Å². The molecule has 104 valence electrons. The zero-order valence-electron chi connectivity index (χ0n) is 11.2. The summed E-state index contributed by atoms with van der Waals surface area (Å²) in [7, 11) is 0. The summed E-state index contributed by atoms with van der Waals surface area (Å²) in [5.41, 5.74) is 9.56. The van der Waals surface area contributed by atoms with Crippen LogP contribution in [-0.2, 0) is 19.3 Å². The largest absolute Gasteiger partial charge is 0.330 e. The quantitative estimate of drug-likeness (QED) is 0.915. The molecule has 0 amide bonds. The Bertz CT molecular complexity index is 614. The van der Waals surface area contributed by atoms with E-state index in [1.807, 2.05) is 0 Å². The molecule has 1 nitrogen and oxygen atoms in total. The molecule has 0 fully saturated rings. The highest BCUT2D eigenvalue weighted by atomic mass is 35.5. The molecule has 20 heavy (non-hydrogen) atoms. The van der Waals surface area contributed by atoms with E-state index >= 15 is 0 Å². The van der Waals surface area contributed by atoms with Crippen LogP contribution in [0.1, 0.15) is 16.7 Å². The summed E-state index contributed by atoms with van der Waals surface area (Å²) >= 11 is 6.20. The Balaban J connectivity index is 1.91. The van der Waals surface area contributed by atoms with Gasteiger partial charge in [-0.3, -0.25) is 0 Å². The van der Waals surface area contributed by atoms with Crippen molar-refractivity contribution >= 4 is 11.6 Å². The van der Waals surface area contributed by atoms with Crippen LogP contribution in [0.4, 0.5) is 4.39 Å². The third-order valence-electron chi connectivity index (χ3n) is 4.26. The van der Waals surface area contributed by atoms with E-state index in [0.717, 1.165) is 24.8 Å². The highest BCUT2D eigenvalue weighted by Crippen LogP contribution is 2.40. The van der Waals surface area contributed by atoms with Gasteiger partial charge < -0.3 is 5.73 Å². The molecular weight excluding hydrogens is 273 g/mol. The fourth-order valence-corrected chi connectivity index (χ4v) is 3.38. The second-order valence-electron chi connectivity index (χ2n) is 5.74. The first-order chi connectivity index (χ1) is 9.62. The summed E-state index contributed by atoms with van der Waals surface area (Å²) < 4.78 is 13.4. The van der Waals surface area contributed by atoms with Gasteiger partial charge in [-0.1, -0.05) is 35.9 Å². The van der Waals surface area contributed by atoms with Gasteiger partial charge in [-0.15, -0.1) is 0 Å². The van der Waals surface area contributed by atoms with E-state index in [1.54, 1.807) is 6.07 Å². The van der Waals surface area contributed by atoms with E-state index in [2.05, 4.69) is 24.3 Å². The van der Waals surface area contributed by atoms with Crippen LogP contribution in [0, 0.1) is 11.2 Å². The summed E-state index contributed by atoms with van der Waals surface area (Å²) in [6.07, 6.45) is 2.59. The lowest BCUT2D eigenvalue weighted by atomic mass is 9.79. The van der Waals surface area contributed by atoms with Crippen LogP contribution in [-0.4, -0.2) is 6.54 Å². The molecule has 0 bridgehead atoms. The smallest absolute Gasteiger partial charge is 0.123 e. The first-order valence-electron chi connectivity index (χ1n) is 6.83. The maximum atomic E-state index is 13.4. The minimum Gasteiger partial charge on any atom is -0.330 e. The molecule has 2 aromatic carbocycles. The van der Waals surface area contributed by atoms with Crippen molar-refractivity contribution in [1.29, 1.82) is 0 Å². The van der Waals surface area contributed by atoms with Crippen molar-refractivity contribution in [3.63, 3.8) is 0 Å². The number of hydrogen-bond donors (Lipinski definition) is 1. The highest BCUT2D eigenvalue weighted by molar-refractivity contribution is 6.31. The van der Waals surface area contributed by atoms with Crippen LogP contribution in [0.5, 0.6) is 0 Å². The van der Waals surface area contributed by atoms with E-state index in [4.69, 9.17) is 17.3 Å². The minimum atomic E-state index is -0.243. The third-order valence-corrected chi connectivity index (χ3v) is 4.62. The van der Waals surface area contributed by atoms with Gasteiger partial charge in [-0.25, -0.2) is 4.39 Å². The van der Waals surface area contributed by atoms with E-state index < -0.39 is 0 Å². The van der Waals surface area contributed by atoms with Gasteiger partial charge in [-0.05, 0) is 66.1 Å². The van der Waals surface area contributed by atoms with E-state index in [1.165, 1.54) is 23.3 Å². The van der Waals surface area contributed by atoms with Crippen LogP contribution in [0.2, 0.25) is 5.02 Å². The first-order valence-corrected chi connectivity index (χ1v) is 7.20. The Hall–Kier alpha value is -1.38. The van der Waals surface area contributed by atoms with Gasteiger partial charge in [0.25, 0.3) is 0 Å². The lowest BCUT2D eigenvalue weighted by Gasteiger charge is -2.28. The van der Waals surface area contributed by atoms with Crippen molar-refractivity contribution in [2.24, 2.45) is 11.1 Å². The van der Waals surface area contributed by atoms with Gasteiger partial charge in [0.15, 0.2) is 0 Å². The molecule has 0 saturated carbocycles. The zero-order valence-corrected chi connectivity index (χ0v) is 12.0. The molecule has 0 unspecified atom stereocenters. The molecular formula is C17H17ClFN. The van der Waals surface area contributed by atoms with Gasteiger partial charge in [0.1, 0.15) is 5.82 Å². The number of rotatable bonds is 3. The van der Waals surface area contributed by atoms with Gasteiger partial charge in [0, 0.05) is 5.02 Å². The van der Waals surface area contributed by atoms with E-state index in [0.29, 0.717) is 11.6 Å². The normalized spacial score (nSPS) is 16.1. The molecule has 0 spiro atoms. The number of benzene rings is 2.